The monoisotopic (exact) mass is 450 g/mol. The number of nitrogens with two attached hydrogens (primary N) is 1. The van der Waals surface area contributed by atoms with E-state index in [1.807, 2.05) is 19.2 Å². The summed E-state index contributed by atoms with van der Waals surface area (Å²) in [5, 5.41) is 7.98. The van der Waals surface area contributed by atoms with Gasteiger partial charge in [0.15, 0.2) is 0 Å². The molecule has 2 aromatic heterocycles. The van der Waals surface area contributed by atoms with Gasteiger partial charge in [0, 0.05) is 17.2 Å². The number of sulfonamides is 1. The van der Waals surface area contributed by atoms with Crippen molar-refractivity contribution >= 4 is 37.5 Å². The Morgan fingerprint density at radius 3 is 2.56 bits per heavy atom. The molecule has 0 saturated carbocycles. The molecule has 7 nitrogen and oxygen atoms in total. The number of nitrogens with one attached hydrogen (secondary N) is 1. The van der Waals surface area contributed by atoms with Crippen LogP contribution in [0.1, 0.15) is 27.3 Å². The molecule has 0 radical (unpaired) electrons. The van der Waals surface area contributed by atoms with Gasteiger partial charge in [-0.25, -0.2) is 18.5 Å². The number of rotatable bonds is 5. The molecule has 0 atom stereocenters. The first kappa shape index (κ1) is 19.5. The van der Waals surface area contributed by atoms with E-state index in [-0.39, 0.29) is 10.8 Å². The number of benzene rings is 1. The van der Waals surface area contributed by atoms with E-state index in [9.17, 15) is 13.2 Å². The van der Waals surface area contributed by atoms with Crippen molar-refractivity contribution in [2.45, 2.75) is 25.2 Å². The molecule has 0 spiro atoms. The fourth-order valence-electron chi connectivity index (χ4n) is 2.91. The van der Waals surface area contributed by atoms with Gasteiger partial charge in [0.05, 0.1) is 10.6 Å². The highest BCUT2D eigenvalue weighted by Crippen LogP contribution is 2.20. The Morgan fingerprint density at radius 1 is 1.26 bits per heavy atom. The Hall–Kier alpha value is -2.23. The lowest BCUT2D eigenvalue weighted by Crippen LogP contribution is -2.27. The third-order valence-electron chi connectivity index (χ3n) is 4.21. The molecule has 3 aromatic rings. The molecule has 0 bridgehead atoms. The zero-order valence-electron chi connectivity index (χ0n) is 14.9. The summed E-state index contributed by atoms with van der Waals surface area (Å²) in [7, 11) is -3.70. The first-order chi connectivity index (χ1) is 12.7. The summed E-state index contributed by atoms with van der Waals surface area (Å²) in [5.74, 6) is -0.210. The van der Waals surface area contributed by atoms with E-state index in [2.05, 4.69) is 26.2 Å². The van der Waals surface area contributed by atoms with Crippen LogP contribution in [0.15, 0.2) is 45.9 Å². The normalized spacial score (nSPS) is 11.7. The molecule has 2 heterocycles. The van der Waals surface area contributed by atoms with Gasteiger partial charge in [0.2, 0.25) is 10.0 Å². The van der Waals surface area contributed by atoms with Gasteiger partial charge in [-0.3, -0.25) is 9.20 Å². The number of amides is 1. The molecule has 0 aliphatic heterocycles. The van der Waals surface area contributed by atoms with Gasteiger partial charge in [-0.2, -0.15) is 0 Å². The maximum absolute atomic E-state index is 12.7. The number of primary sulfonamides is 1. The van der Waals surface area contributed by atoms with Crippen LogP contribution in [0, 0.1) is 13.8 Å². The van der Waals surface area contributed by atoms with Crippen LogP contribution >= 0.6 is 15.9 Å². The highest BCUT2D eigenvalue weighted by molar-refractivity contribution is 9.10. The Morgan fingerprint density at radius 2 is 1.93 bits per heavy atom. The van der Waals surface area contributed by atoms with Gasteiger partial charge in [-0.05, 0) is 65.5 Å². The average Bonchev–Trinajstić information content (AvgIpc) is 2.91. The predicted octanol–water partition coefficient (Wildman–Crippen LogP) is 2.33. The molecule has 3 N–H and O–H groups in total. The standard InChI is InChI=1S/C18H19BrN4O3S/c1-11-9-14(19)10-23-16(12(2)22-17(11)23)18(24)21-8-7-13-3-5-15(6-4-13)27(20,25)26/h3-6,9-10H,7-8H2,1-2H3,(H,21,24)(H2,20,25,26). The molecule has 0 aliphatic carbocycles. The summed E-state index contributed by atoms with van der Waals surface area (Å²) in [6.45, 7) is 4.16. The number of aromatic nitrogens is 2. The van der Waals surface area contributed by atoms with Crippen LogP contribution in [0.4, 0.5) is 0 Å². The maximum Gasteiger partial charge on any atom is 0.270 e. The number of nitrogens with zero attached hydrogens (tertiary/aromatic N) is 2. The molecule has 0 aliphatic rings. The molecular weight excluding hydrogens is 432 g/mol. The molecule has 0 unspecified atom stereocenters. The second-order valence-electron chi connectivity index (χ2n) is 6.28. The Kier molecular flexibility index (Phi) is 5.36. The van der Waals surface area contributed by atoms with Crippen molar-refractivity contribution in [1.82, 2.24) is 14.7 Å². The fourth-order valence-corrected chi connectivity index (χ4v) is 3.97. The maximum atomic E-state index is 12.7. The van der Waals surface area contributed by atoms with Crippen LogP contribution < -0.4 is 10.5 Å². The highest BCUT2D eigenvalue weighted by atomic mass is 79.9. The van der Waals surface area contributed by atoms with Gasteiger partial charge >= 0.3 is 0 Å². The lowest BCUT2D eigenvalue weighted by Gasteiger charge is -2.08. The van der Waals surface area contributed by atoms with Crippen LogP contribution in [0.2, 0.25) is 0 Å². The van der Waals surface area contributed by atoms with Gasteiger partial charge in [-0.1, -0.05) is 12.1 Å². The van der Waals surface area contributed by atoms with Crippen molar-refractivity contribution in [3.8, 4) is 0 Å². The van der Waals surface area contributed by atoms with Crippen molar-refractivity contribution in [1.29, 1.82) is 0 Å². The molecule has 1 amide bonds. The van der Waals surface area contributed by atoms with Crippen LogP contribution in [0.3, 0.4) is 0 Å². The number of imidazole rings is 1. The summed E-state index contributed by atoms with van der Waals surface area (Å²) in [6, 6.07) is 8.25. The smallest absolute Gasteiger partial charge is 0.270 e. The SMILES string of the molecule is Cc1nc2c(C)cc(Br)cn2c1C(=O)NCCc1ccc(S(N)(=O)=O)cc1. The van der Waals surface area contributed by atoms with E-state index in [0.717, 1.165) is 21.2 Å². The summed E-state index contributed by atoms with van der Waals surface area (Å²) in [5.41, 5.74) is 3.78. The number of hydrogen-bond acceptors (Lipinski definition) is 4. The molecule has 142 valence electrons. The van der Waals surface area contributed by atoms with E-state index in [1.165, 1.54) is 12.1 Å². The minimum Gasteiger partial charge on any atom is -0.350 e. The second kappa shape index (κ2) is 7.41. The fraction of sp³-hybridized carbons (Fsp3) is 0.222. The number of halogens is 1. The minimum atomic E-state index is -3.70. The number of hydrogen-bond donors (Lipinski definition) is 2. The van der Waals surface area contributed by atoms with Gasteiger partial charge in [0.1, 0.15) is 11.3 Å². The highest BCUT2D eigenvalue weighted by Gasteiger charge is 2.17. The van der Waals surface area contributed by atoms with Crippen LogP contribution in [0.5, 0.6) is 0 Å². The molecule has 3 rings (SSSR count). The molecule has 0 saturated heterocycles. The third-order valence-corrected chi connectivity index (χ3v) is 5.57. The van der Waals surface area contributed by atoms with Crippen LogP contribution in [0.25, 0.3) is 5.65 Å². The van der Waals surface area contributed by atoms with Gasteiger partial charge in [0.25, 0.3) is 5.91 Å². The zero-order valence-corrected chi connectivity index (χ0v) is 17.3. The molecular formula is C18H19BrN4O3S. The van der Waals surface area contributed by atoms with E-state index in [1.54, 1.807) is 23.5 Å². The van der Waals surface area contributed by atoms with Crippen molar-refractivity contribution in [2.24, 2.45) is 5.14 Å². The van der Waals surface area contributed by atoms with Crippen LogP contribution in [-0.4, -0.2) is 30.3 Å². The summed E-state index contributed by atoms with van der Waals surface area (Å²) >= 11 is 3.45. The van der Waals surface area contributed by atoms with E-state index in [4.69, 9.17) is 5.14 Å². The Balaban J connectivity index is 1.72. The molecule has 27 heavy (non-hydrogen) atoms. The molecule has 1 aromatic carbocycles. The third kappa shape index (κ3) is 4.20. The van der Waals surface area contributed by atoms with Gasteiger partial charge < -0.3 is 5.32 Å². The number of pyridine rings is 1. The number of aryl methyl sites for hydroxylation is 2. The Bertz CT molecular complexity index is 1120. The predicted molar refractivity (Wildman–Crippen MR) is 106 cm³/mol. The second-order valence-corrected chi connectivity index (χ2v) is 8.75. The molecule has 9 heteroatoms. The van der Waals surface area contributed by atoms with Gasteiger partial charge in [-0.15, -0.1) is 0 Å². The van der Waals surface area contributed by atoms with E-state index < -0.39 is 10.0 Å². The summed E-state index contributed by atoms with van der Waals surface area (Å²) < 4.78 is 25.2. The lowest BCUT2D eigenvalue weighted by atomic mass is 10.1. The molecule has 0 fully saturated rings. The topological polar surface area (TPSA) is 107 Å². The van der Waals surface area contributed by atoms with E-state index >= 15 is 0 Å². The number of carbonyl (C=O) groups excluding carboxylic acids is 1. The van der Waals surface area contributed by atoms with Crippen molar-refractivity contribution in [3.63, 3.8) is 0 Å². The largest absolute Gasteiger partial charge is 0.350 e. The van der Waals surface area contributed by atoms with Crippen molar-refractivity contribution in [3.05, 3.63) is 63.5 Å². The number of carbonyl (C=O) groups is 1. The van der Waals surface area contributed by atoms with E-state index in [0.29, 0.717) is 24.4 Å². The van der Waals surface area contributed by atoms with Crippen molar-refractivity contribution in [2.75, 3.05) is 6.54 Å². The minimum absolute atomic E-state index is 0.0672. The van der Waals surface area contributed by atoms with Crippen LogP contribution in [-0.2, 0) is 16.4 Å². The first-order valence-electron chi connectivity index (χ1n) is 8.21. The quantitative estimate of drug-likeness (QED) is 0.621. The van der Waals surface area contributed by atoms with Crippen molar-refractivity contribution < 1.29 is 13.2 Å². The first-order valence-corrected chi connectivity index (χ1v) is 10.6. The number of fused-ring (bicyclic) bond motifs is 1. The lowest BCUT2D eigenvalue weighted by molar-refractivity contribution is 0.0947. The summed E-state index contributed by atoms with van der Waals surface area (Å²) in [6.07, 6.45) is 2.39. The average molecular weight is 451 g/mol. The Labute approximate surface area is 165 Å². The zero-order chi connectivity index (χ0) is 19.8. The summed E-state index contributed by atoms with van der Waals surface area (Å²) in [4.78, 5) is 17.2.